The number of hydrogen-bond acceptors (Lipinski definition) is 7. The van der Waals surface area contributed by atoms with Gasteiger partial charge < -0.3 is 24.1 Å². The van der Waals surface area contributed by atoms with E-state index in [1.807, 2.05) is 6.07 Å². The van der Waals surface area contributed by atoms with Crippen molar-refractivity contribution in [3.8, 4) is 22.9 Å². The molecule has 1 aliphatic rings. The second-order valence-electron chi connectivity index (χ2n) is 6.39. The molecule has 0 saturated carbocycles. The van der Waals surface area contributed by atoms with Crippen LogP contribution in [0.3, 0.4) is 0 Å². The maximum Gasteiger partial charge on any atom is 0.408 e. The quantitative estimate of drug-likeness (QED) is 0.922. The summed E-state index contributed by atoms with van der Waals surface area (Å²) < 4.78 is 21.0. The average Bonchev–Trinajstić information content (AvgIpc) is 3.13. The Hall–Kier alpha value is -2.77. The molecule has 128 valence electrons. The van der Waals surface area contributed by atoms with Gasteiger partial charge in [0, 0.05) is 5.56 Å². The number of amides is 1. The first-order valence-corrected chi connectivity index (χ1v) is 7.55. The van der Waals surface area contributed by atoms with E-state index >= 15 is 0 Å². The normalized spacial score (nSPS) is 14.3. The van der Waals surface area contributed by atoms with Gasteiger partial charge >= 0.3 is 6.09 Å². The Bertz CT molecular complexity index is 750. The highest BCUT2D eigenvalue weighted by atomic mass is 16.7. The Morgan fingerprint density at radius 2 is 2.04 bits per heavy atom. The molecule has 1 aromatic carbocycles. The van der Waals surface area contributed by atoms with Crippen molar-refractivity contribution in [3.63, 3.8) is 0 Å². The number of hydrogen-bond donors (Lipinski definition) is 1. The van der Waals surface area contributed by atoms with Crippen molar-refractivity contribution in [3.05, 3.63) is 24.1 Å². The van der Waals surface area contributed by atoms with Gasteiger partial charge in [-0.15, -0.1) is 0 Å². The van der Waals surface area contributed by atoms with Gasteiger partial charge in [0.15, 0.2) is 11.5 Å². The van der Waals surface area contributed by atoms with Crippen LogP contribution < -0.4 is 14.8 Å². The Kier molecular flexibility index (Phi) is 4.04. The third-order valence-corrected chi connectivity index (χ3v) is 3.18. The number of alkyl carbamates (subject to hydrolysis) is 1. The summed E-state index contributed by atoms with van der Waals surface area (Å²) in [5, 5.41) is 6.60. The number of rotatable bonds is 3. The second-order valence-corrected chi connectivity index (χ2v) is 6.39. The van der Waals surface area contributed by atoms with Crippen LogP contribution >= 0.6 is 0 Å². The molecule has 1 atom stereocenters. The Balaban J connectivity index is 1.70. The first-order valence-electron chi connectivity index (χ1n) is 7.55. The number of ether oxygens (including phenoxy) is 3. The van der Waals surface area contributed by atoms with E-state index in [0.29, 0.717) is 17.3 Å². The van der Waals surface area contributed by atoms with E-state index in [4.69, 9.17) is 18.7 Å². The van der Waals surface area contributed by atoms with Crippen LogP contribution in [-0.4, -0.2) is 28.6 Å². The molecule has 1 amide bonds. The highest BCUT2D eigenvalue weighted by molar-refractivity contribution is 5.68. The van der Waals surface area contributed by atoms with Crippen molar-refractivity contribution < 1.29 is 23.5 Å². The first-order chi connectivity index (χ1) is 11.3. The number of nitrogens with zero attached hydrogens (tertiary/aromatic N) is 2. The minimum Gasteiger partial charge on any atom is -0.454 e. The monoisotopic (exact) mass is 333 g/mol. The molecule has 8 nitrogen and oxygen atoms in total. The number of aromatic nitrogens is 2. The van der Waals surface area contributed by atoms with Crippen LogP contribution in [0.2, 0.25) is 0 Å². The van der Waals surface area contributed by atoms with Gasteiger partial charge in [-0.2, -0.15) is 4.98 Å². The topological polar surface area (TPSA) is 95.7 Å². The van der Waals surface area contributed by atoms with Crippen molar-refractivity contribution in [2.45, 2.75) is 39.3 Å². The number of carbonyl (C=O) groups is 1. The van der Waals surface area contributed by atoms with Gasteiger partial charge in [-0.05, 0) is 45.9 Å². The molecule has 0 bridgehead atoms. The number of benzene rings is 1. The zero-order chi connectivity index (χ0) is 17.3. The smallest absolute Gasteiger partial charge is 0.408 e. The van der Waals surface area contributed by atoms with Crippen molar-refractivity contribution in [1.29, 1.82) is 0 Å². The first kappa shape index (κ1) is 16.1. The van der Waals surface area contributed by atoms with Crippen molar-refractivity contribution in [1.82, 2.24) is 15.5 Å². The van der Waals surface area contributed by atoms with Crippen molar-refractivity contribution in [2.75, 3.05) is 6.79 Å². The summed E-state index contributed by atoms with van der Waals surface area (Å²) in [6.07, 6.45) is -0.544. The molecule has 0 radical (unpaired) electrons. The molecule has 2 aromatic rings. The lowest BCUT2D eigenvalue weighted by Crippen LogP contribution is -2.34. The fourth-order valence-corrected chi connectivity index (χ4v) is 2.11. The van der Waals surface area contributed by atoms with Crippen LogP contribution in [0.25, 0.3) is 11.4 Å². The largest absolute Gasteiger partial charge is 0.454 e. The van der Waals surface area contributed by atoms with Crippen LogP contribution in [0.5, 0.6) is 11.5 Å². The molecule has 1 aliphatic heterocycles. The fraction of sp³-hybridized carbons (Fsp3) is 0.438. The molecule has 1 N–H and O–H groups in total. The van der Waals surface area contributed by atoms with Crippen LogP contribution in [0, 0.1) is 0 Å². The van der Waals surface area contributed by atoms with Crippen LogP contribution in [0.1, 0.15) is 39.6 Å². The highest BCUT2D eigenvalue weighted by Gasteiger charge is 2.22. The molecule has 0 unspecified atom stereocenters. The van der Waals surface area contributed by atoms with E-state index in [1.165, 1.54) is 0 Å². The third-order valence-electron chi connectivity index (χ3n) is 3.18. The molecule has 0 aliphatic carbocycles. The maximum absolute atomic E-state index is 11.8. The summed E-state index contributed by atoms with van der Waals surface area (Å²) in [6.45, 7) is 7.32. The lowest BCUT2D eigenvalue weighted by molar-refractivity contribution is 0.0499. The molecule has 3 rings (SSSR count). The molecular weight excluding hydrogens is 314 g/mol. The van der Waals surface area contributed by atoms with E-state index in [2.05, 4.69) is 15.5 Å². The van der Waals surface area contributed by atoms with Crippen LogP contribution in [0.4, 0.5) is 4.79 Å². The second kappa shape index (κ2) is 6.03. The number of fused-ring (bicyclic) bond motifs is 1. The van der Waals surface area contributed by atoms with Crippen LogP contribution in [0.15, 0.2) is 22.7 Å². The summed E-state index contributed by atoms with van der Waals surface area (Å²) in [7, 11) is 0. The molecule has 1 aromatic heterocycles. The maximum atomic E-state index is 11.8. The Morgan fingerprint density at radius 3 is 2.79 bits per heavy atom. The highest BCUT2D eigenvalue weighted by Crippen LogP contribution is 2.35. The molecule has 8 heteroatoms. The average molecular weight is 333 g/mol. The number of nitrogens with one attached hydrogen (secondary N) is 1. The Labute approximate surface area is 139 Å². The third kappa shape index (κ3) is 3.58. The zero-order valence-electron chi connectivity index (χ0n) is 14.0. The number of carbonyl (C=O) groups excluding carboxylic acids is 1. The van der Waals surface area contributed by atoms with Gasteiger partial charge in [0.05, 0.1) is 0 Å². The lowest BCUT2D eigenvalue weighted by Gasteiger charge is -2.20. The van der Waals surface area contributed by atoms with E-state index in [0.717, 1.165) is 5.56 Å². The summed E-state index contributed by atoms with van der Waals surface area (Å²) >= 11 is 0. The summed E-state index contributed by atoms with van der Waals surface area (Å²) in [5.41, 5.74) is 0.162. The summed E-state index contributed by atoms with van der Waals surface area (Å²) in [4.78, 5) is 16.1. The standard InChI is InChI=1S/C16H19N3O5/c1-9(17-15(20)23-16(2,3)4)14-18-13(19-24-14)10-5-6-11-12(7-10)22-8-21-11/h5-7,9H,8H2,1-4H3,(H,17,20)/t9-/m0/s1. The predicted molar refractivity (Wildman–Crippen MR) is 83.6 cm³/mol. The molecule has 0 saturated heterocycles. The van der Waals surface area contributed by atoms with Gasteiger partial charge in [-0.1, -0.05) is 5.16 Å². The van der Waals surface area contributed by atoms with Crippen LogP contribution in [-0.2, 0) is 4.74 Å². The Morgan fingerprint density at radius 1 is 1.29 bits per heavy atom. The minimum atomic E-state index is -0.573. The molecule has 0 spiro atoms. The molecule has 0 fully saturated rings. The van der Waals surface area contributed by atoms with Crippen molar-refractivity contribution in [2.24, 2.45) is 0 Å². The SMILES string of the molecule is C[C@H](NC(=O)OC(C)(C)C)c1nc(-c2ccc3c(c2)OCO3)no1. The fourth-order valence-electron chi connectivity index (χ4n) is 2.11. The summed E-state index contributed by atoms with van der Waals surface area (Å²) in [5.74, 6) is 2.01. The lowest BCUT2D eigenvalue weighted by atomic mass is 10.2. The van der Waals surface area contributed by atoms with E-state index < -0.39 is 17.7 Å². The van der Waals surface area contributed by atoms with Gasteiger partial charge in [-0.25, -0.2) is 4.79 Å². The van der Waals surface area contributed by atoms with Crippen molar-refractivity contribution >= 4 is 6.09 Å². The molecule has 24 heavy (non-hydrogen) atoms. The van der Waals surface area contributed by atoms with E-state index in [1.54, 1.807) is 39.8 Å². The van der Waals surface area contributed by atoms with Gasteiger partial charge in [0.2, 0.25) is 18.5 Å². The predicted octanol–water partition coefficient (Wildman–Crippen LogP) is 3.05. The van der Waals surface area contributed by atoms with E-state index in [9.17, 15) is 4.79 Å². The van der Waals surface area contributed by atoms with E-state index in [-0.39, 0.29) is 12.7 Å². The van der Waals surface area contributed by atoms with Gasteiger partial charge in [-0.3, -0.25) is 0 Å². The van der Waals surface area contributed by atoms with Gasteiger partial charge in [0.25, 0.3) is 0 Å². The molecule has 2 heterocycles. The minimum absolute atomic E-state index is 0.202. The summed E-state index contributed by atoms with van der Waals surface area (Å²) in [6, 6.07) is 4.91. The zero-order valence-corrected chi connectivity index (χ0v) is 14.0. The molecular formula is C16H19N3O5. The van der Waals surface area contributed by atoms with Gasteiger partial charge in [0.1, 0.15) is 11.6 Å².